The molecule has 0 spiro atoms. The molecule has 2 unspecified atom stereocenters. The molecule has 1 nitrogen and oxygen atoms in total. The topological polar surface area (TPSA) is 12.0 Å². The molecule has 1 aromatic heterocycles. The van der Waals surface area contributed by atoms with Gasteiger partial charge in [0.1, 0.15) is 0 Å². The van der Waals surface area contributed by atoms with Crippen LogP contribution < -0.4 is 5.32 Å². The second-order valence-corrected chi connectivity index (χ2v) is 10.7. The van der Waals surface area contributed by atoms with E-state index in [0.29, 0.717) is 16.4 Å². The molecule has 0 radical (unpaired) electrons. The van der Waals surface area contributed by atoms with Crippen molar-refractivity contribution in [3.63, 3.8) is 0 Å². The molecule has 4 aliphatic carbocycles. The molecule has 4 saturated carbocycles. The molecule has 1 N–H and O–H groups in total. The van der Waals surface area contributed by atoms with Crippen molar-refractivity contribution >= 4 is 11.3 Å². The molecular formula is C19H29NS. The number of hydrogen-bond acceptors (Lipinski definition) is 2. The fourth-order valence-corrected chi connectivity index (χ4v) is 7.73. The monoisotopic (exact) mass is 303 g/mol. The van der Waals surface area contributed by atoms with Gasteiger partial charge in [-0.1, -0.05) is 13.8 Å². The third kappa shape index (κ3) is 2.39. The lowest BCUT2D eigenvalue weighted by Gasteiger charge is -2.65. The lowest BCUT2D eigenvalue weighted by Crippen LogP contribution is -2.63. The van der Waals surface area contributed by atoms with Gasteiger partial charge < -0.3 is 5.32 Å². The van der Waals surface area contributed by atoms with Gasteiger partial charge in [-0.2, -0.15) is 0 Å². The maximum Gasteiger partial charge on any atom is 0.0221 e. The van der Waals surface area contributed by atoms with Gasteiger partial charge in [0.25, 0.3) is 0 Å². The maximum absolute atomic E-state index is 4.05. The van der Waals surface area contributed by atoms with Crippen LogP contribution in [0.2, 0.25) is 0 Å². The zero-order valence-electron chi connectivity index (χ0n) is 14.0. The first-order chi connectivity index (χ1) is 9.79. The van der Waals surface area contributed by atoms with Gasteiger partial charge in [-0.05, 0) is 80.8 Å². The van der Waals surface area contributed by atoms with Gasteiger partial charge in [-0.3, -0.25) is 0 Å². The minimum absolute atomic E-state index is 0.436. The first-order valence-corrected chi connectivity index (χ1v) is 9.42. The molecule has 0 amide bonds. The number of thiophene rings is 1. The molecule has 0 saturated heterocycles. The SMILES string of the molecule is Cc1cc(CNC23CC4CC(C)(CC(C)(C4)C2)C3)c(C)s1. The Kier molecular flexibility index (Phi) is 2.96. The molecule has 5 rings (SSSR count). The van der Waals surface area contributed by atoms with Crippen LogP contribution in [0.5, 0.6) is 0 Å². The van der Waals surface area contributed by atoms with E-state index in [-0.39, 0.29) is 0 Å². The fourth-order valence-electron chi connectivity index (χ4n) is 6.79. The summed E-state index contributed by atoms with van der Waals surface area (Å²) < 4.78 is 0. The van der Waals surface area contributed by atoms with Crippen LogP contribution in [-0.4, -0.2) is 5.54 Å². The largest absolute Gasteiger partial charge is 0.307 e. The summed E-state index contributed by atoms with van der Waals surface area (Å²) in [5.41, 5.74) is 3.19. The first kappa shape index (κ1) is 14.3. The highest BCUT2D eigenvalue weighted by Crippen LogP contribution is 2.66. The average Bonchev–Trinajstić information content (AvgIpc) is 2.60. The van der Waals surface area contributed by atoms with Crippen molar-refractivity contribution in [2.24, 2.45) is 16.7 Å². The second-order valence-electron chi connectivity index (χ2n) is 9.20. The van der Waals surface area contributed by atoms with Gasteiger partial charge in [-0.15, -0.1) is 11.3 Å². The van der Waals surface area contributed by atoms with Gasteiger partial charge in [0.15, 0.2) is 0 Å². The lowest BCUT2D eigenvalue weighted by atomic mass is 9.43. The van der Waals surface area contributed by atoms with Crippen LogP contribution in [0.15, 0.2) is 6.07 Å². The number of rotatable bonds is 3. The third-order valence-electron chi connectivity index (χ3n) is 6.42. The number of aryl methyl sites for hydroxylation is 2. The minimum Gasteiger partial charge on any atom is -0.307 e. The molecule has 4 aliphatic rings. The van der Waals surface area contributed by atoms with Crippen LogP contribution in [0.4, 0.5) is 0 Å². The summed E-state index contributed by atoms with van der Waals surface area (Å²) in [4.78, 5) is 2.95. The van der Waals surface area contributed by atoms with Gasteiger partial charge in [0.2, 0.25) is 0 Å². The van der Waals surface area contributed by atoms with Gasteiger partial charge in [-0.25, -0.2) is 0 Å². The Labute approximate surface area is 133 Å². The van der Waals surface area contributed by atoms with Crippen molar-refractivity contribution in [1.82, 2.24) is 5.32 Å². The number of hydrogen-bond donors (Lipinski definition) is 1. The fraction of sp³-hybridized carbons (Fsp3) is 0.789. The van der Waals surface area contributed by atoms with Crippen LogP contribution >= 0.6 is 11.3 Å². The highest BCUT2D eigenvalue weighted by molar-refractivity contribution is 7.12. The quantitative estimate of drug-likeness (QED) is 0.809. The van der Waals surface area contributed by atoms with Gasteiger partial charge in [0.05, 0.1) is 0 Å². The van der Waals surface area contributed by atoms with Gasteiger partial charge in [0, 0.05) is 21.8 Å². The molecule has 1 heterocycles. The first-order valence-electron chi connectivity index (χ1n) is 8.60. The normalized spacial score (nSPS) is 44.5. The Morgan fingerprint density at radius 2 is 1.76 bits per heavy atom. The van der Waals surface area contributed by atoms with E-state index in [1.807, 2.05) is 11.3 Å². The Balaban J connectivity index is 1.56. The van der Waals surface area contributed by atoms with E-state index in [1.54, 1.807) is 0 Å². The van der Waals surface area contributed by atoms with Crippen LogP contribution in [0.25, 0.3) is 0 Å². The second kappa shape index (κ2) is 4.35. The summed E-state index contributed by atoms with van der Waals surface area (Å²) in [5, 5.41) is 4.05. The van der Waals surface area contributed by atoms with Crippen LogP contribution in [0.1, 0.15) is 67.7 Å². The maximum atomic E-state index is 4.05. The Morgan fingerprint density at radius 1 is 1.10 bits per heavy atom. The zero-order valence-corrected chi connectivity index (χ0v) is 14.8. The van der Waals surface area contributed by atoms with E-state index in [0.717, 1.165) is 12.5 Å². The molecule has 0 aromatic carbocycles. The summed E-state index contributed by atoms with van der Waals surface area (Å²) >= 11 is 1.94. The van der Waals surface area contributed by atoms with Crippen LogP contribution in [0.3, 0.4) is 0 Å². The van der Waals surface area contributed by atoms with Crippen molar-refractivity contribution in [3.05, 3.63) is 21.4 Å². The van der Waals surface area contributed by atoms with Crippen molar-refractivity contribution < 1.29 is 0 Å². The van der Waals surface area contributed by atoms with Crippen molar-refractivity contribution in [2.75, 3.05) is 0 Å². The zero-order chi connectivity index (χ0) is 14.9. The summed E-state index contributed by atoms with van der Waals surface area (Å²) in [6, 6.07) is 2.39. The molecule has 4 bridgehead atoms. The molecule has 116 valence electrons. The number of nitrogens with one attached hydrogen (secondary N) is 1. The summed E-state index contributed by atoms with van der Waals surface area (Å²) in [7, 11) is 0. The van der Waals surface area contributed by atoms with E-state index in [4.69, 9.17) is 0 Å². The van der Waals surface area contributed by atoms with E-state index in [1.165, 1.54) is 53.8 Å². The molecule has 2 atom stereocenters. The smallest absolute Gasteiger partial charge is 0.0221 e. The Bertz CT molecular complexity index is 554. The Hall–Kier alpha value is -0.340. The predicted molar refractivity (Wildman–Crippen MR) is 90.8 cm³/mol. The predicted octanol–water partition coefficient (Wildman–Crippen LogP) is 5.20. The highest BCUT2D eigenvalue weighted by atomic mass is 32.1. The van der Waals surface area contributed by atoms with Crippen molar-refractivity contribution in [3.8, 4) is 0 Å². The third-order valence-corrected chi connectivity index (χ3v) is 7.43. The van der Waals surface area contributed by atoms with E-state index in [9.17, 15) is 0 Å². The van der Waals surface area contributed by atoms with Crippen molar-refractivity contribution in [2.45, 2.75) is 78.3 Å². The van der Waals surface area contributed by atoms with Gasteiger partial charge >= 0.3 is 0 Å². The molecule has 21 heavy (non-hydrogen) atoms. The summed E-state index contributed by atoms with van der Waals surface area (Å²) in [6.07, 6.45) is 8.70. The molecule has 2 heteroatoms. The lowest BCUT2D eigenvalue weighted by molar-refractivity contribution is -0.118. The highest BCUT2D eigenvalue weighted by Gasteiger charge is 2.59. The van der Waals surface area contributed by atoms with E-state index >= 15 is 0 Å². The molecule has 1 aromatic rings. The van der Waals surface area contributed by atoms with Crippen molar-refractivity contribution in [1.29, 1.82) is 0 Å². The summed E-state index contributed by atoms with van der Waals surface area (Å²) in [6.45, 7) is 10.7. The molecular weight excluding hydrogens is 274 g/mol. The molecule has 0 aliphatic heterocycles. The van der Waals surface area contributed by atoms with Crippen LogP contribution in [-0.2, 0) is 6.54 Å². The van der Waals surface area contributed by atoms with E-state index < -0.39 is 0 Å². The molecule has 4 fully saturated rings. The summed E-state index contributed by atoms with van der Waals surface area (Å²) in [5.74, 6) is 0.981. The Morgan fingerprint density at radius 3 is 2.29 bits per heavy atom. The van der Waals surface area contributed by atoms with E-state index in [2.05, 4.69) is 39.1 Å². The standard InChI is InChI=1S/C19H29NS/c1-13-5-16(14(2)21-13)9-20-19-8-15-6-17(3,11-19)10-18(4,7-15)12-19/h5,15,20H,6-12H2,1-4H3. The van der Waals surface area contributed by atoms with Crippen LogP contribution in [0, 0.1) is 30.6 Å². The minimum atomic E-state index is 0.436. The average molecular weight is 304 g/mol.